The maximum Gasteiger partial charge on any atom is 0.289 e. The second-order valence-electron chi connectivity index (χ2n) is 15.8. The standard InChI is InChI=1S/C25H23N3O3S.C23H24N4O3.C2H6/c1-27(2)25(30)21-13-18-12-16(9-10-20(18)31-21)17-6-5-11-28(15-17)24(29)14-23-26-19-7-3-4-8-22(19)32-23;1-26(2)23(29)21-14-18-13-16(7-9-20(18)30-21)17-5-4-12-27(15-17)22(28)10-8-19-6-3-11-24-25-19;1-2/h3-4,6-10,12-13H,5,11,14-15H2,1-2H3;3,5-7,9,11,13-14H,4,8,10,12,15H2,1-2H3;1-2H3. The summed E-state index contributed by atoms with van der Waals surface area (Å²) in [4.78, 5) is 61.4. The SMILES string of the molecule is CC.CN(C)C(=O)c1cc2cc(C3=CCCN(C(=O)CCc4cccnn4)C3)ccc2o1.CN(C)C(=O)c1cc2cc(C3=CCCN(C(=O)Cc4nc5ccccc5s4)C3)ccc2o1. The first-order valence-corrected chi connectivity index (χ1v) is 22.4. The maximum atomic E-state index is 13.0. The van der Waals surface area contributed by atoms with Gasteiger partial charge in [0.15, 0.2) is 11.5 Å². The second kappa shape index (κ2) is 20.5. The summed E-state index contributed by atoms with van der Waals surface area (Å²) in [6.45, 7) is 6.57. The number of carbonyl (C=O) groups excluding carboxylic acids is 4. The Morgan fingerprint density at radius 1 is 0.688 bits per heavy atom. The molecule has 0 N–H and O–H groups in total. The van der Waals surface area contributed by atoms with Crippen molar-refractivity contribution in [2.45, 2.75) is 46.0 Å². The first-order chi connectivity index (χ1) is 31.0. The zero-order chi connectivity index (χ0) is 45.3. The van der Waals surface area contributed by atoms with Crippen molar-refractivity contribution in [3.63, 3.8) is 0 Å². The number of furan rings is 2. The van der Waals surface area contributed by atoms with Crippen molar-refractivity contribution in [1.82, 2.24) is 34.8 Å². The number of hydrogen-bond donors (Lipinski definition) is 0. The highest BCUT2D eigenvalue weighted by molar-refractivity contribution is 7.18. The third-order valence-electron chi connectivity index (χ3n) is 10.9. The summed E-state index contributed by atoms with van der Waals surface area (Å²) in [5.74, 6) is 0.543. The van der Waals surface area contributed by atoms with E-state index in [0.717, 1.165) is 73.4 Å². The molecule has 0 fully saturated rings. The predicted molar refractivity (Wildman–Crippen MR) is 252 cm³/mol. The highest BCUT2D eigenvalue weighted by Gasteiger charge is 2.23. The van der Waals surface area contributed by atoms with Crippen molar-refractivity contribution in [1.29, 1.82) is 0 Å². The third-order valence-corrected chi connectivity index (χ3v) is 11.9. The maximum absolute atomic E-state index is 13.0. The Labute approximate surface area is 376 Å². The van der Waals surface area contributed by atoms with E-state index in [1.165, 1.54) is 9.80 Å². The Balaban J connectivity index is 0.000000185. The van der Waals surface area contributed by atoms with Crippen LogP contribution in [0, 0.1) is 0 Å². The quantitative estimate of drug-likeness (QED) is 0.139. The van der Waals surface area contributed by atoms with Crippen LogP contribution in [0.25, 0.3) is 43.3 Å². The molecule has 0 spiro atoms. The molecule has 0 saturated carbocycles. The molecule has 330 valence electrons. The molecule has 4 aromatic heterocycles. The van der Waals surface area contributed by atoms with Crippen molar-refractivity contribution < 1.29 is 28.0 Å². The summed E-state index contributed by atoms with van der Waals surface area (Å²) < 4.78 is 12.5. The van der Waals surface area contributed by atoms with Gasteiger partial charge in [0.2, 0.25) is 11.8 Å². The van der Waals surface area contributed by atoms with E-state index in [0.29, 0.717) is 61.6 Å². The minimum absolute atomic E-state index is 0.0953. The lowest BCUT2D eigenvalue weighted by atomic mass is 9.99. The summed E-state index contributed by atoms with van der Waals surface area (Å²) in [5.41, 5.74) is 7.43. The van der Waals surface area contributed by atoms with Crippen molar-refractivity contribution in [2.75, 3.05) is 54.4 Å². The number of carbonyl (C=O) groups is 4. The Morgan fingerprint density at radius 2 is 1.25 bits per heavy atom. The zero-order valence-electron chi connectivity index (χ0n) is 37.2. The summed E-state index contributed by atoms with van der Waals surface area (Å²) in [6.07, 6.45) is 8.96. The number of fused-ring (bicyclic) bond motifs is 3. The van der Waals surface area contributed by atoms with Crippen LogP contribution in [-0.2, 0) is 22.4 Å². The first-order valence-electron chi connectivity index (χ1n) is 21.5. The van der Waals surface area contributed by atoms with Crippen molar-refractivity contribution in [3.05, 3.63) is 137 Å². The van der Waals surface area contributed by atoms with Crippen LogP contribution in [0.4, 0.5) is 0 Å². The molecule has 2 aliphatic rings. The van der Waals surface area contributed by atoms with E-state index in [1.807, 2.05) is 96.4 Å². The fourth-order valence-corrected chi connectivity index (χ4v) is 8.52. The van der Waals surface area contributed by atoms with Gasteiger partial charge < -0.3 is 28.4 Å². The minimum atomic E-state index is -0.162. The van der Waals surface area contributed by atoms with Gasteiger partial charge in [-0.1, -0.05) is 50.3 Å². The molecule has 0 unspecified atom stereocenters. The van der Waals surface area contributed by atoms with Gasteiger partial charge in [-0.2, -0.15) is 10.2 Å². The number of nitrogens with zero attached hydrogens (tertiary/aromatic N) is 7. The van der Waals surface area contributed by atoms with Crippen LogP contribution in [0.1, 0.15) is 76.0 Å². The van der Waals surface area contributed by atoms with Crippen LogP contribution in [0.3, 0.4) is 0 Å². The Morgan fingerprint density at radius 3 is 1.78 bits per heavy atom. The first kappa shape index (κ1) is 45.1. The van der Waals surface area contributed by atoms with E-state index < -0.39 is 0 Å². The zero-order valence-corrected chi connectivity index (χ0v) is 38.0. The molecule has 64 heavy (non-hydrogen) atoms. The van der Waals surface area contributed by atoms with E-state index in [4.69, 9.17) is 8.83 Å². The number of hydrogen-bond acceptors (Lipinski definition) is 10. The number of rotatable bonds is 9. The number of thiazole rings is 1. The topological polar surface area (TPSA) is 146 Å². The molecule has 0 atom stereocenters. The minimum Gasteiger partial charge on any atom is -0.451 e. The van der Waals surface area contributed by atoms with Crippen LogP contribution in [0.2, 0.25) is 0 Å². The molecule has 0 radical (unpaired) electrons. The monoisotopic (exact) mass is 879 g/mol. The van der Waals surface area contributed by atoms with E-state index in [2.05, 4.69) is 27.3 Å². The molecule has 14 heteroatoms. The van der Waals surface area contributed by atoms with Gasteiger partial charge in [0, 0.05) is 84.2 Å². The fourth-order valence-electron chi connectivity index (χ4n) is 7.57. The second-order valence-corrected chi connectivity index (χ2v) is 16.9. The molecule has 0 saturated heterocycles. The van der Waals surface area contributed by atoms with Gasteiger partial charge in [-0.05, 0) is 95.8 Å². The van der Waals surface area contributed by atoms with Crippen LogP contribution in [0.5, 0.6) is 0 Å². The summed E-state index contributed by atoms with van der Waals surface area (Å²) in [5, 5.41) is 10.5. The largest absolute Gasteiger partial charge is 0.451 e. The number of para-hydroxylation sites is 1. The molecule has 4 amide bonds. The van der Waals surface area contributed by atoms with Crippen molar-refractivity contribution >= 4 is 78.3 Å². The van der Waals surface area contributed by atoms with E-state index in [1.54, 1.807) is 57.9 Å². The summed E-state index contributed by atoms with van der Waals surface area (Å²) in [6, 6.07) is 27.0. The Kier molecular flexibility index (Phi) is 14.4. The third kappa shape index (κ3) is 10.6. The van der Waals surface area contributed by atoms with Gasteiger partial charge in [0.25, 0.3) is 11.8 Å². The highest BCUT2D eigenvalue weighted by Crippen LogP contribution is 2.30. The van der Waals surface area contributed by atoms with Gasteiger partial charge in [0.1, 0.15) is 16.2 Å². The summed E-state index contributed by atoms with van der Waals surface area (Å²) >= 11 is 1.58. The smallest absolute Gasteiger partial charge is 0.289 e. The van der Waals surface area contributed by atoms with Gasteiger partial charge >= 0.3 is 0 Å². The van der Waals surface area contributed by atoms with Gasteiger partial charge in [-0.15, -0.1) is 11.3 Å². The highest BCUT2D eigenvalue weighted by atomic mass is 32.1. The number of aromatic nitrogens is 3. The Hall–Kier alpha value is -6.93. The number of aryl methyl sites for hydroxylation is 1. The molecule has 6 heterocycles. The molecule has 13 nitrogen and oxygen atoms in total. The number of benzene rings is 3. The molecular formula is C50H53N7O6S. The lowest BCUT2D eigenvalue weighted by Gasteiger charge is -2.27. The van der Waals surface area contributed by atoms with E-state index >= 15 is 0 Å². The lowest BCUT2D eigenvalue weighted by molar-refractivity contribution is -0.131. The van der Waals surface area contributed by atoms with Crippen LogP contribution in [0.15, 0.2) is 112 Å². The lowest BCUT2D eigenvalue weighted by Crippen LogP contribution is -2.36. The van der Waals surface area contributed by atoms with Gasteiger partial charge in [-0.25, -0.2) is 4.98 Å². The van der Waals surface area contributed by atoms with Crippen LogP contribution < -0.4 is 0 Å². The average molecular weight is 880 g/mol. The van der Waals surface area contributed by atoms with Crippen LogP contribution >= 0.6 is 11.3 Å². The van der Waals surface area contributed by atoms with Gasteiger partial charge in [-0.3, -0.25) is 19.2 Å². The van der Waals surface area contributed by atoms with Gasteiger partial charge in [0.05, 0.1) is 22.3 Å². The van der Waals surface area contributed by atoms with E-state index in [9.17, 15) is 19.2 Å². The molecular weight excluding hydrogens is 827 g/mol. The number of amides is 4. The van der Waals surface area contributed by atoms with Crippen molar-refractivity contribution in [2.24, 2.45) is 0 Å². The Bertz CT molecular complexity index is 2820. The molecule has 3 aromatic carbocycles. The van der Waals surface area contributed by atoms with Crippen LogP contribution in [-0.4, -0.2) is 113 Å². The summed E-state index contributed by atoms with van der Waals surface area (Å²) in [7, 11) is 6.80. The molecule has 0 bridgehead atoms. The normalized spacial score (nSPS) is 13.7. The molecule has 2 aliphatic heterocycles. The average Bonchev–Trinajstić information content (AvgIpc) is 4.07. The van der Waals surface area contributed by atoms with Crippen molar-refractivity contribution in [3.8, 4) is 0 Å². The molecule has 0 aliphatic carbocycles. The molecule has 9 rings (SSSR count). The molecule has 7 aromatic rings. The fraction of sp³-hybridized carbons (Fsp3) is 0.300. The predicted octanol–water partition coefficient (Wildman–Crippen LogP) is 8.80. The van der Waals surface area contributed by atoms with E-state index in [-0.39, 0.29) is 23.6 Å².